The molecule has 2 N–H and O–H groups in total. The minimum Gasteiger partial charge on any atom is -0.872 e. The molecular formula is C11H8NNaO2. The zero-order valence-corrected chi connectivity index (χ0v) is 10.4. The molecule has 15 heavy (non-hydrogen) atoms. The number of nitrogens with two attached hydrogens (primary N) is 1. The van der Waals surface area contributed by atoms with E-state index in [0.717, 1.165) is 10.8 Å². The van der Waals surface area contributed by atoms with Gasteiger partial charge in [0, 0.05) is 5.56 Å². The Bertz CT molecular complexity index is 511. The van der Waals surface area contributed by atoms with Crippen LogP contribution < -0.4 is 40.4 Å². The van der Waals surface area contributed by atoms with E-state index in [9.17, 15) is 9.90 Å². The second-order valence-electron chi connectivity index (χ2n) is 3.06. The first-order valence-corrected chi connectivity index (χ1v) is 4.18. The fraction of sp³-hybridized carbons (Fsp3) is 0. The molecular weight excluding hydrogens is 201 g/mol. The van der Waals surface area contributed by atoms with Crippen LogP contribution in [0.1, 0.15) is 10.4 Å². The van der Waals surface area contributed by atoms with Crippen molar-refractivity contribution in [3.8, 4) is 5.75 Å². The Morgan fingerprint density at radius 3 is 2.20 bits per heavy atom. The van der Waals surface area contributed by atoms with Crippen LogP contribution in [0.4, 0.5) is 0 Å². The van der Waals surface area contributed by atoms with Crippen molar-refractivity contribution in [3.63, 3.8) is 0 Å². The van der Waals surface area contributed by atoms with Crippen LogP contribution in [0.15, 0.2) is 36.4 Å². The molecule has 0 bridgehead atoms. The van der Waals surface area contributed by atoms with Crippen molar-refractivity contribution < 1.29 is 39.5 Å². The minimum absolute atomic E-state index is 0. The van der Waals surface area contributed by atoms with E-state index in [2.05, 4.69) is 0 Å². The molecule has 0 aromatic heterocycles. The quantitative estimate of drug-likeness (QED) is 0.553. The molecule has 0 radical (unpaired) electrons. The molecule has 2 rings (SSSR count). The molecule has 0 aliphatic carbocycles. The van der Waals surface area contributed by atoms with Crippen molar-refractivity contribution in [2.24, 2.45) is 5.73 Å². The largest absolute Gasteiger partial charge is 1.00 e. The van der Waals surface area contributed by atoms with Crippen LogP contribution in [0.25, 0.3) is 10.8 Å². The van der Waals surface area contributed by atoms with Crippen molar-refractivity contribution in [1.82, 2.24) is 0 Å². The maximum atomic E-state index is 11.4. The molecule has 0 fully saturated rings. The van der Waals surface area contributed by atoms with Gasteiger partial charge in [-0.1, -0.05) is 36.1 Å². The van der Waals surface area contributed by atoms with Gasteiger partial charge in [0.1, 0.15) is 0 Å². The summed E-state index contributed by atoms with van der Waals surface area (Å²) >= 11 is 0. The summed E-state index contributed by atoms with van der Waals surface area (Å²) in [5, 5.41) is 13.0. The summed E-state index contributed by atoms with van der Waals surface area (Å²) in [4.78, 5) is 10.9. The van der Waals surface area contributed by atoms with Gasteiger partial charge < -0.3 is 10.8 Å². The van der Waals surface area contributed by atoms with Crippen molar-refractivity contribution in [1.29, 1.82) is 0 Å². The van der Waals surface area contributed by atoms with E-state index in [-0.39, 0.29) is 40.9 Å². The van der Waals surface area contributed by atoms with Gasteiger partial charge in [0.25, 0.3) is 0 Å². The number of hydrogen-bond acceptors (Lipinski definition) is 2. The van der Waals surface area contributed by atoms with Gasteiger partial charge in [0.05, 0.1) is 0 Å². The normalized spacial score (nSPS) is 9.60. The Labute approximate surface area is 109 Å². The average Bonchev–Trinajstić information content (AvgIpc) is 2.16. The second-order valence-corrected chi connectivity index (χ2v) is 3.06. The zero-order valence-electron chi connectivity index (χ0n) is 8.36. The third-order valence-corrected chi connectivity index (χ3v) is 2.11. The SMILES string of the molecule is NC(=O)c1cc2ccccc2cc1[O-].[Na+]. The Balaban J connectivity index is 0.00000112. The fourth-order valence-corrected chi connectivity index (χ4v) is 1.41. The van der Waals surface area contributed by atoms with Crippen molar-refractivity contribution in [3.05, 3.63) is 42.0 Å². The first kappa shape index (κ1) is 12.0. The summed E-state index contributed by atoms with van der Waals surface area (Å²) in [6, 6.07) is 10.3. The van der Waals surface area contributed by atoms with E-state index in [4.69, 9.17) is 5.73 Å². The number of amides is 1. The number of hydrogen-bond donors (Lipinski definition) is 1. The number of carbonyl (C=O) groups is 1. The minimum atomic E-state index is -0.680. The van der Waals surface area contributed by atoms with Crippen LogP contribution in [-0.2, 0) is 0 Å². The van der Waals surface area contributed by atoms with Gasteiger partial charge >= 0.3 is 29.6 Å². The first-order valence-electron chi connectivity index (χ1n) is 4.18. The summed E-state index contributed by atoms with van der Waals surface area (Å²) in [5.41, 5.74) is 5.11. The second kappa shape index (κ2) is 4.66. The van der Waals surface area contributed by atoms with Gasteiger partial charge in [-0.05, 0) is 16.8 Å². The maximum Gasteiger partial charge on any atom is 1.00 e. The van der Waals surface area contributed by atoms with E-state index in [0.29, 0.717) is 0 Å². The molecule has 4 heteroatoms. The monoisotopic (exact) mass is 209 g/mol. The third kappa shape index (κ3) is 2.31. The number of carbonyl (C=O) groups excluding carboxylic acids is 1. The average molecular weight is 209 g/mol. The van der Waals surface area contributed by atoms with Gasteiger partial charge in [0.15, 0.2) is 0 Å². The molecule has 0 heterocycles. The summed E-state index contributed by atoms with van der Waals surface area (Å²) in [6.07, 6.45) is 0. The number of benzene rings is 2. The molecule has 0 aliphatic heterocycles. The maximum absolute atomic E-state index is 11.4. The van der Waals surface area contributed by atoms with Gasteiger partial charge in [-0.25, -0.2) is 0 Å². The van der Waals surface area contributed by atoms with E-state index in [1.54, 1.807) is 0 Å². The molecule has 70 valence electrons. The Morgan fingerprint density at radius 2 is 1.67 bits per heavy atom. The van der Waals surface area contributed by atoms with Crippen LogP contribution in [0.5, 0.6) is 5.75 Å². The standard InChI is InChI=1S/C11H9NO2.Na/c12-11(14)9-5-7-3-1-2-4-8(7)6-10(9)13;/h1-6,13H,(H2,12,14);/q;+1/p-1. The predicted octanol–water partition coefficient (Wildman–Crippen LogP) is -1.98. The number of fused-ring (bicyclic) bond motifs is 1. The molecule has 0 saturated carbocycles. The van der Waals surface area contributed by atoms with Crippen LogP contribution in [0.3, 0.4) is 0 Å². The zero-order chi connectivity index (χ0) is 10.1. The molecule has 2 aromatic carbocycles. The van der Waals surface area contributed by atoms with E-state index in [1.165, 1.54) is 12.1 Å². The molecule has 0 atom stereocenters. The van der Waals surface area contributed by atoms with Crippen molar-refractivity contribution in [2.75, 3.05) is 0 Å². The molecule has 1 amide bonds. The van der Waals surface area contributed by atoms with E-state index < -0.39 is 5.91 Å². The van der Waals surface area contributed by atoms with Gasteiger partial charge in [-0.2, -0.15) is 0 Å². The van der Waals surface area contributed by atoms with Crippen LogP contribution in [0.2, 0.25) is 0 Å². The Hall–Kier alpha value is -1.03. The molecule has 0 saturated heterocycles. The van der Waals surface area contributed by atoms with Crippen LogP contribution >= 0.6 is 0 Å². The summed E-state index contributed by atoms with van der Waals surface area (Å²) in [6.45, 7) is 0. The number of primary amides is 1. The van der Waals surface area contributed by atoms with Crippen molar-refractivity contribution >= 4 is 16.7 Å². The molecule has 0 aliphatic rings. The van der Waals surface area contributed by atoms with Gasteiger partial charge in [-0.3, -0.25) is 4.79 Å². The number of rotatable bonds is 1. The molecule has 2 aromatic rings. The molecule has 3 nitrogen and oxygen atoms in total. The third-order valence-electron chi connectivity index (χ3n) is 2.11. The topological polar surface area (TPSA) is 66.2 Å². The van der Waals surface area contributed by atoms with Gasteiger partial charge in [0.2, 0.25) is 5.91 Å². The van der Waals surface area contributed by atoms with Gasteiger partial charge in [-0.15, -0.1) is 0 Å². The smallest absolute Gasteiger partial charge is 0.872 e. The molecule has 0 unspecified atom stereocenters. The first-order chi connectivity index (χ1) is 6.68. The Morgan fingerprint density at radius 1 is 1.13 bits per heavy atom. The van der Waals surface area contributed by atoms with Crippen LogP contribution in [0, 0.1) is 0 Å². The Kier molecular flexibility index (Phi) is 3.74. The van der Waals surface area contributed by atoms with Crippen molar-refractivity contribution in [2.45, 2.75) is 0 Å². The van der Waals surface area contributed by atoms with E-state index >= 15 is 0 Å². The fourth-order valence-electron chi connectivity index (χ4n) is 1.41. The predicted molar refractivity (Wildman–Crippen MR) is 51.9 cm³/mol. The van der Waals surface area contributed by atoms with E-state index in [1.807, 2.05) is 24.3 Å². The summed E-state index contributed by atoms with van der Waals surface area (Å²) in [7, 11) is 0. The summed E-state index contributed by atoms with van der Waals surface area (Å²) in [5.74, 6) is -1.00. The summed E-state index contributed by atoms with van der Waals surface area (Å²) < 4.78 is 0. The molecule has 0 spiro atoms. The van der Waals surface area contributed by atoms with Crippen LogP contribution in [-0.4, -0.2) is 5.91 Å².